The first-order valence-corrected chi connectivity index (χ1v) is 7.03. The van der Waals surface area contributed by atoms with Gasteiger partial charge in [0, 0.05) is 45.1 Å². The van der Waals surface area contributed by atoms with Crippen molar-refractivity contribution in [1.29, 1.82) is 0 Å². The van der Waals surface area contributed by atoms with Crippen LogP contribution in [-0.2, 0) is 6.54 Å². The average Bonchev–Trinajstić information content (AvgIpc) is 2.92. The molecule has 2 aromatic heterocycles. The molecule has 0 aliphatic carbocycles. The number of hydrogen-bond donors (Lipinski definition) is 0. The van der Waals surface area contributed by atoms with Gasteiger partial charge in [-0.1, -0.05) is 0 Å². The zero-order valence-corrected chi connectivity index (χ0v) is 11.8. The molecule has 20 heavy (non-hydrogen) atoms. The van der Waals surface area contributed by atoms with E-state index in [4.69, 9.17) is 0 Å². The summed E-state index contributed by atoms with van der Waals surface area (Å²) >= 11 is 0. The van der Waals surface area contributed by atoms with E-state index in [0.29, 0.717) is 0 Å². The van der Waals surface area contributed by atoms with Gasteiger partial charge in [-0.05, 0) is 18.6 Å². The van der Waals surface area contributed by atoms with Gasteiger partial charge in [0.05, 0.1) is 12.7 Å². The molecule has 0 amide bonds. The van der Waals surface area contributed by atoms with Crippen molar-refractivity contribution < 1.29 is 0 Å². The fourth-order valence-electron chi connectivity index (χ4n) is 2.50. The van der Waals surface area contributed by atoms with Gasteiger partial charge in [-0.3, -0.25) is 9.58 Å². The molecule has 6 nitrogen and oxygen atoms in total. The average molecular weight is 272 g/mol. The van der Waals surface area contributed by atoms with Gasteiger partial charge in [0.25, 0.3) is 0 Å². The summed E-state index contributed by atoms with van der Waals surface area (Å²) in [5, 5.41) is 4.33. The maximum Gasteiger partial charge on any atom is 0.131 e. The van der Waals surface area contributed by atoms with Crippen molar-refractivity contribution in [3.8, 4) is 0 Å². The second kappa shape index (κ2) is 6.00. The number of aromatic nitrogens is 4. The third-order valence-corrected chi connectivity index (χ3v) is 3.67. The Bertz CT molecular complexity index is 530. The molecule has 0 spiro atoms. The summed E-state index contributed by atoms with van der Waals surface area (Å²) < 4.78 is 2.02. The van der Waals surface area contributed by atoms with Crippen molar-refractivity contribution in [1.82, 2.24) is 24.6 Å². The molecule has 6 heteroatoms. The van der Waals surface area contributed by atoms with E-state index in [1.807, 2.05) is 16.9 Å². The van der Waals surface area contributed by atoms with Gasteiger partial charge >= 0.3 is 0 Å². The standard InChI is InChI=1S/C14H20N6/c1-13-10-17-20(11-13)9-6-18-4-7-19(8-5-18)14-2-3-15-12-16-14/h2-3,10-12H,4-9H2,1H3. The molecule has 1 fully saturated rings. The van der Waals surface area contributed by atoms with Crippen LogP contribution in [0.2, 0.25) is 0 Å². The maximum atomic E-state index is 4.33. The number of hydrogen-bond acceptors (Lipinski definition) is 5. The van der Waals surface area contributed by atoms with E-state index < -0.39 is 0 Å². The predicted molar refractivity (Wildman–Crippen MR) is 77.6 cm³/mol. The molecule has 0 N–H and O–H groups in total. The Morgan fingerprint density at radius 1 is 1.15 bits per heavy atom. The number of rotatable bonds is 4. The second-order valence-corrected chi connectivity index (χ2v) is 5.18. The number of aryl methyl sites for hydroxylation is 1. The summed E-state index contributed by atoms with van der Waals surface area (Å²) in [6, 6.07) is 1.97. The molecule has 3 rings (SSSR count). The van der Waals surface area contributed by atoms with E-state index in [1.54, 1.807) is 12.5 Å². The Kier molecular flexibility index (Phi) is 3.92. The molecular formula is C14H20N6. The van der Waals surface area contributed by atoms with Crippen LogP contribution >= 0.6 is 0 Å². The quantitative estimate of drug-likeness (QED) is 0.824. The lowest BCUT2D eigenvalue weighted by atomic mass is 10.3. The maximum absolute atomic E-state index is 4.33. The first-order chi connectivity index (χ1) is 9.81. The van der Waals surface area contributed by atoms with E-state index >= 15 is 0 Å². The second-order valence-electron chi connectivity index (χ2n) is 5.18. The molecule has 3 heterocycles. The topological polar surface area (TPSA) is 50.1 Å². The van der Waals surface area contributed by atoms with Crippen molar-refractivity contribution in [2.75, 3.05) is 37.6 Å². The van der Waals surface area contributed by atoms with Crippen molar-refractivity contribution in [3.05, 3.63) is 36.5 Å². The lowest BCUT2D eigenvalue weighted by Gasteiger charge is -2.35. The van der Waals surface area contributed by atoms with Crippen molar-refractivity contribution in [3.63, 3.8) is 0 Å². The van der Waals surface area contributed by atoms with Crippen LogP contribution in [0.4, 0.5) is 5.82 Å². The Hall–Kier alpha value is -1.95. The third kappa shape index (κ3) is 3.14. The van der Waals surface area contributed by atoms with Crippen LogP contribution < -0.4 is 4.90 Å². The molecular weight excluding hydrogens is 252 g/mol. The van der Waals surface area contributed by atoms with Crippen LogP contribution in [0.3, 0.4) is 0 Å². The van der Waals surface area contributed by atoms with Gasteiger partial charge in [-0.25, -0.2) is 9.97 Å². The van der Waals surface area contributed by atoms with Crippen molar-refractivity contribution >= 4 is 5.82 Å². The van der Waals surface area contributed by atoms with Crippen molar-refractivity contribution in [2.45, 2.75) is 13.5 Å². The molecule has 0 unspecified atom stereocenters. The third-order valence-electron chi connectivity index (χ3n) is 3.67. The molecule has 0 atom stereocenters. The highest BCUT2D eigenvalue weighted by molar-refractivity contribution is 5.36. The van der Waals surface area contributed by atoms with Crippen LogP contribution in [0.1, 0.15) is 5.56 Å². The monoisotopic (exact) mass is 272 g/mol. The Balaban J connectivity index is 1.47. The molecule has 0 bridgehead atoms. The van der Waals surface area contributed by atoms with E-state index in [0.717, 1.165) is 45.1 Å². The largest absolute Gasteiger partial charge is 0.354 e. The zero-order chi connectivity index (χ0) is 13.8. The van der Waals surface area contributed by atoms with Gasteiger partial charge in [0.1, 0.15) is 12.1 Å². The number of piperazine rings is 1. The van der Waals surface area contributed by atoms with E-state index in [9.17, 15) is 0 Å². The van der Waals surface area contributed by atoms with E-state index in [2.05, 4.69) is 38.0 Å². The van der Waals surface area contributed by atoms with Crippen LogP contribution in [0.15, 0.2) is 31.0 Å². The summed E-state index contributed by atoms with van der Waals surface area (Å²) in [4.78, 5) is 13.1. The molecule has 106 valence electrons. The smallest absolute Gasteiger partial charge is 0.131 e. The summed E-state index contributed by atoms with van der Waals surface area (Å²) in [5.41, 5.74) is 1.22. The highest BCUT2D eigenvalue weighted by Crippen LogP contribution is 2.11. The van der Waals surface area contributed by atoms with Gasteiger partial charge in [0.15, 0.2) is 0 Å². The molecule has 1 aliphatic rings. The Morgan fingerprint density at radius 2 is 2.00 bits per heavy atom. The minimum Gasteiger partial charge on any atom is -0.354 e. The van der Waals surface area contributed by atoms with E-state index in [-0.39, 0.29) is 0 Å². The van der Waals surface area contributed by atoms with E-state index in [1.165, 1.54) is 5.56 Å². The molecule has 1 saturated heterocycles. The van der Waals surface area contributed by atoms with Crippen LogP contribution in [0.25, 0.3) is 0 Å². The minimum atomic E-state index is 0.960. The fourth-order valence-corrected chi connectivity index (χ4v) is 2.50. The fraction of sp³-hybridized carbons (Fsp3) is 0.500. The van der Waals surface area contributed by atoms with Gasteiger partial charge in [-0.2, -0.15) is 5.10 Å². The Labute approximate surface area is 119 Å². The summed E-state index contributed by atoms with van der Waals surface area (Å²) in [5.74, 6) is 1.03. The van der Waals surface area contributed by atoms with Gasteiger partial charge < -0.3 is 4.90 Å². The molecule has 0 radical (unpaired) electrons. The van der Waals surface area contributed by atoms with Crippen molar-refractivity contribution in [2.24, 2.45) is 0 Å². The van der Waals surface area contributed by atoms with Gasteiger partial charge in [-0.15, -0.1) is 0 Å². The lowest BCUT2D eigenvalue weighted by molar-refractivity contribution is 0.244. The normalized spacial score (nSPS) is 16.6. The molecule has 1 aliphatic heterocycles. The molecule has 0 saturated carbocycles. The minimum absolute atomic E-state index is 0.960. The number of nitrogens with zero attached hydrogens (tertiary/aromatic N) is 6. The lowest BCUT2D eigenvalue weighted by Crippen LogP contribution is -2.47. The predicted octanol–water partition coefficient (Wildman–Crippen LogP) is 0.804. The first-order valence-electron chi connectivity index (χ1n) is 7.03. The SMILES string of the molecule is Cc1cnn(CCN2CCN(c3ccncn3)CC2)c1. The molecule has 0 aromatic carbocycles. The molecule has 2 aromatic rings. The highest BCUT2D eigenvalue weighted by Gasteiger charge is 2.17. The summed E-state index contributed by atoms with van der Waals surface area (Å²) in [6.07, 6.45) is 7.42. The first kappa shape index (κ1) is 13.1. The number of anilines is 1. The zero-order valence-electron chi connectivity index (χ0n) is 11.8. The Morgan fingerprint density at radius 3 is 2.65 bits per heavy atom. The van der Waals surface area contributed by atoms with Crippen LogP contribution in [0, 0.1) is 6.92 Å². The van der Waals surface area contributed by atoms with Crippen LogP contribution in [0.5, 0.6) is 0 Å². The van der Waals surface area contributed by atoms with Gasteiger partial charge in [0.2, 0.25) is 0 Å². The highest BCUT2D eigenvalue weighted by atomic mass is 15.3. The van der Waals surface area contributed by atoms with Crippen LogP contribution in [-0.4, -0.2) is 57.4 Å². The summed E-state index contributed by atoms with van der Waals surface area (Å²) in [6.45, 7) is 8.28. The summed E-state index contributed by atoms with van der Waals surface area (Å²) in [7, 11) is 0.